The molecular weight excluding hydrogens is 64.0 g/mol. The Bertz CT molecular complexity index is 48.7. The van der Waals surface area contributed by atoms with Gasteiger partial charge in [-0.2, -0.15) is 0 Å². The first-order valence-corrected chi connectivity index (χ1v) is 2.12. The minimum Gasteiger partial charge on any atom is -0.370 e. The fourth-order valence-electron chi connectivity index (χ4n) is 0.754. The van der Waals surface area contributed by atoms with Crippen LogP contribution in [0.2, 0.25) is 0 Å². The van der Waals surface area contributed by atoms with Crippen molar-refractivity contribution in [2.75, 3.05) is 0 Å². The predicted octanol–water partition coefficient (Wildman–Crippen LogP) is 0.548. The molecule has 0 amide bonds. The molecule has 1 saturated heterocycles. The van der Waals surface area contributed by atoms with Crippen molar-refractivity contribution in [3.8, 4) is 0 Å². The van der Waals surface area contributed by atoms with Crippen LogP contribution in [0.1, 0.15) is 12.8 Å². The maximum atomic E-state index is 5.03. The first-order valence-electron chi connectivity index (χ1n) is 2.12. The van der Waals surface area contributed by atoms with Gasteiger partial charge in [-0.15, -0.1) is 0 Å². The fraction of sp³-hybridized carbons (Fsp3) is 1.00. The van der Waals surface area contributed by atoms with E-state index in [0.29, 0.717) is 0 Å². The number of hydrogen-bond acceptors (Lipinski definition) is 1. The maximum Gasteiger partial charge on any atom is 0.0842 e. The van der Waals surface area contributed by atoms with Gasteiger partial charge in [-0.3, -0.25) is 0 Å². The third-order valence-corrected chi connectivity index (χ3v) is 1.42. The van der Waals surface area contributed by atoms with Crippen molar-refractivity contribution in [2.24, 2.45) is 0 Å². The average Bonchev–Trinajstić information content (AvgIpc) is 1.74. The monoisotopic (exact) mass is 70.0 g/mol. The highest BCUT2D eigenvalue weighted by atomic mass is 16.6. The van der Waals surface area contributed by atoms with Crippen molar-refractivity contribution in [1.29, 1.82) is 0 Å². The van der Waals surface area contributed by atoms with Crippen LogP contribution in [0.25, 0.3) is 0 Å². The molecule has 0 N–H and O–H groups in total. The Kier molecular flexibility index (Phi) is 0.189. The summed E-state index contributed by atoms with van der Waals surface area (Å²) in [5.74, 6) is 0. The second kappa shape index (κ2) is 0.432. The zero-order chi connectivity index (χ0) is 3.28. The van der Waals surface area contributed by atoms with Gasteiger partial charge in [0.25, 0.3) is 0 Å². The molecule has 28 valence electrons. The van der Waals surface area contributed by atoms with Crippen LogP contribution in [-0.2, 0) is 4.74 Å². The van der Waals surface area contributed by atoms with Crippen molar-refractivity contribution in [2.45, 2.75) is 25.0 Å². The lowest BCUT2D eigenvalue weighted by molar-refractivity contribution is 0.417. The Labute approximate surface area is 30.9 Å². The number of rotatable bonds is 0. The molecule has 0 radical (unpaired) electrons. The third-order valence-electron chi connectivity index (χ3n) is 1.42. The van der Waals surface area contributed by atoms with Gasteiger partial charge in [-0.1, -0.05) is 0 Å². The van der Waals surface area contributed by atoms with Crippen LogP contribution in [0.15, 0.2) is 0 Å². The Morgan fingerprint density at radius 3 is 1.80 bits per heavy atom. The van der Waals surface area contributed by atoms with Gasteiger partial charge in [-0.25, -0.2) is 0 Å². The molecule has 1 heteroatoms. The van der Waals surface area contributed by atoms with Gasteiger partial charge in [0.1, 0.15) is 0 Å². The SMILES string of the molecule is C1C[C@@H]2O[C@@H]12. The van der Waals surface area contributed by atoms with E-state index in [-0.39, 0.29) is 0 Å². The van der Waals surface area contributed by atoms with E-state index in [2.05, 4.69) is 0 Å². The third kappa shape index (κ3) is 0.127. The van der Waals surface area contributed by atoms with Gasteiger partial charge in [0, 0.05) is 0 Å². The lowest BCUT2D eigenvalue weighted by atomic mass is 10.0. The second-order valence-electron chi connectivity index (χ2n) is 1.79. The standard InChI is InChI=1S/C4H6O/c1-2-4-3(1)5-4/h3-4H,1-2H2/t3-,4-/m0/s1. The first kappa shape index (κ1) is 2.19. The van der Waals surface area contributed by atoms with Crippen molar-refractivity contribution in [3.63, 3.8) is 0 Å². The van der Waals surface area contributed by atoms with Gasteiger partial charge < -0.3 is 4.74 Å². The summed E-state index contributed by atoms with van der Waals surface area (Å²) in [4.78, 5) is 0. The minimum absolute atomic E-state index is 0.731. The largest absolute Gasteiger partial charge is 0.370 e. The highest BCUT2D eigenvalue weighted by Crippen LogP contribution is 2.40. The summed E-state index contributed by atoms with van der Waals surface area (Å²) in [6.45, 7) is 0. The Hall–Kier alpha value is -0.0400. The normalized spacial score (nSPS) is 57.6. The summed E-state index contributed by atoms with van der Waals surface area (Å²) in [7, 11) is 0. The lowest BCUT2D eigenvalue weighted by Crippen LogP contribution is -2.04. The Morgan fingerprint density at radius 2 is 1.80 bits per heavy atom. The molecule has 5 heavy (non-hydrogen) atoms. The van der Waals surface area contributed by atoms with Crippen LogP contribution < -0.4 is 0 Å². The van der Waals surface area contributed by atoms with E-state index in [0.717, 1.165) is 12.2 Å². The molecule has 2 rings (SSSR count). The van der Waals surface area contributed by atoms with Crippen molar-refractivity contribution in [1.82, 2.24) is 0 Å². The summed E-state index contributed by atoms with van der Waals surface area (Å²) in [6.07, 6.45) is 4.14. The van der Waals surface area contributed by atoms with Gasteiger partial charge in [0.05, 0.1) is 12.2 Å². The number of ether oxygens (including phenoxy) is 1. The van der Waals surface area contributed by atoms with Crippen molar-refractivity contribution in [3.05, 3.63) is 0 Å². The average molecular weight is 70.1 g/mol. The molecule has 1 aliphatic heterocycles. The molecule has 0 aromatic heterocycles. The van der Waals surface area contributed by atoms with Gasteiger partial charge in [0.2, 0.25) is 0 Å². The van der Waals surface area contributed by atoms with Gasteiger partial charge in [0.15, 0.2) is 0 Å². The summed E-state index contributed by atoms with van der Waals surface area (Å²) in [5, 5.41) is 0. The molecule has 1 nitrogen and oxygen atoms in total. The summed E-state index contributed by atoms with van der Waals surface area (Å²) in [6, 6.07) is 0. The maximum absolute atomic E-state index is 5.03. The molecule has 2 fully saturated rings. The highest BCUT2D eigenvalue weighted by molar-refractivity contribution is 4.94. The molecule has 1 heterocycles. The van der Waals surface area contributed by atoms with Crippen LogP contribution in [0.3, 0.4) is 0 Å². The van der Waals surface area contributed by atoms with Crippen molar-refractivity contribution >= 4 is 0 Å². The zero-order valence-corrected chi connectivity index (χ0v) is 2.98. The number of fused-ring (bicyclic) bond motifs is 1. The molecule has 2 aliphatic rings. The van der Waals surface area contributed by atoms with Gasteiger partial charge >= 0.3 is 0 Å². The smallest absolute Gasteiger partial charge is 0.0842 e. The Balaban J connectivity index is 2.19. The number of epoxide rings is 1. The van der Waals surface area contributed by atoms with Crippen LogP contribution >= 0.6 is 0 Å². The predicted molar refractivity (Wildman–Crippen MR) is 17.9 cm³/mol. The molecule has 2 atom stereocenters. The summed E-state index contributed by atoms with van der Waals surface area (Å²) < 4.78 is 5.03. The molecular formula is C4H6O. The van der Waals surface area contributed by atoms with Crippen LogP contribution in [0.4, 0.5) is 0 Å². The zero-order valence-electron chi connectivity index (χ0n) is 2.98. The molecule has 0 aromatic rings. The molecule has 1 saturated carbocycles. The topological polar surface area (TPSA) is 12.5 Å². The lowest BCUT2D eigenvalue weighted by Gasteiger charge is -1.97. The van der Waals surface area contributed by atoms with E-state index in [4.69, 9.17) is 4.74 Å². The van der Waals surface area contributed by atoms with Crippen LogP contribution in [0.5, 0.6) is 0 Å². The number of hydrogen-bond donors (Lipinski definition) is 0. The Morgan fingerprint density at radius 1 is 1.20 bits per heavy atom. The second-order valence-corrected chi connectivity index (χ2v) is 1.79. The van der Waals surface area contributed by atoms with E-state index in [1.807, 2.05) is 0 Å². The van der Waals surface area contributed by atoms with E-state index in [1.54, 1.807) is 0 Å². The van der Waals surface area contributed by atoms with Gasteiger partial charge in [-0.05, 0) is 12.8 Å². The molecule has 0 spiro atoms. The summed E-state index contributed by atoms with van der Waals surface area (Å²) in [5.41, 5.74) is 0. The van der Waals surface area contributed by atoms with E-state index in [1.165, 1.54) is 12.8 Å². The molecule has 1 aliphatic carbocycles. The minimum atomic E-state index is 0.731. The van der Waals surface area contributed by atoms with E-state index in [9.17, 15) is 0 Å². The molecule has 0 unspecified atom stereocenters. The van der Waals surface area contributed by atoms with Crippen LogP contribution in [-0.4, -0.2) is 12.2 Å². The fourth-order valence-corrected chi connectivity index (χ4v) is 0.754. The van der Waals surface area contributed by atoms with Crippen molar-refractivity contribution < 1.29 is 4.74 Å². The highest BCUT2D eigenvalue weighted by Gasteiger charge is 2.46. The molecule has 0 bridgehead atoms. The quantitative estimate of drug-likeness (QED) is 0.379. The summed E-state index contributed by atoms with van der Waals surface area (Å²) >= 11 is 0. The molecule has 0 aromatic carbocycles. The van der Waals surface area contributed by atoms with E-state index < -0.39 is 0 Å². The van der Waals surface area contributed by atoms with Crippen LogP contribution in [0, 0.1) is 0 Å². The first-order chi connectivity index (χ1) is 2.47. The van der Waals surface area contributed by atoms with E-state index >= 15 is 0 Å².